The summed E-state index contributed by atoms with van der Waals surface area (Å²) in [6.07, 6.45) is 0. The summed E-state index contributed by atoms with van der Waals surface area (Å²) in [5, 5.41) is 9.68. The number of benzene rings is 1. The van der Waals surface area contributed by atoms with Gasteiger partial charge in [0.2, 0.25) is 5.91 Å². The molecule has 0 aliphatic carbocycles. The number of hydrogen-bond donors (Lipinski definition) is 3. The van der Waals surface area contributed by atoms with Crippen LogP contribution in [0.25, 0.3) is 0 Å². The van der Waals surface area contributed by atoms with E-state index in [4.69, 9.17) is 0 Å². The van der Waals surface area contributed by atoms with E-state index in [-0.39, 0.29) is 24.3 Å². The van der Waals surface area contributed by atoms with Crippen LogP contribution in [0.2, 0.25) is 0 Å². The molecular formula is C16H17N3O3S. The number of nitrogens with one attached hydrogen (secondary N) is 3. The average molecular weight is 331 g/mol. The van der Waals surface area contributed by atoms with E-state index in [1.54, 1.807) is 41.8 Å². The molecule has 0 saturated carbocycles. The van der Waals surface area contributed by atoms with Crippen molar-refractivity contribution in [1.82, 2.24) is 10.6 Å². The highest BCUT2D eigenvalue weighted by atomic mass is 32.1. The summed E-state index contributed by atoms with van der Waals surface area (Å²) < 4.78 is 0. The number of rotatable bonds is 6. The molecular weight excluding hydrogens is 314 g/mol. The zero-order valence-corrected chi connectivity index (χ0v) is 13.4. The van der Waals surface area contributed by atoms with Gasteiger partial charge in [0.15, 0.2) is 0 Å². The Bertz CT molecular complexity index is 698. The van der Waals surface area contributed by atoms with Crippen molar-refractivity contribution >= 4 is 34.7 Å². The molecule has 2 rings (SSSR count). The van der Waals surface area contributed by atoms with Gasteiger partial charge in [-0.2, -0.15) is 0 Å². The topological polar surface area (TPSA) is 87.3 Å². The molecule has 3 N–H and O–H groups in total. The molecule has 23 heavy (non-hydrogen) atoms. The van der Waals surface area contributed by atoms with Crippen LogP contribution in [0, 0.1) is 0 Å². The molecule has 1 aromatic carbocycles. The second kappa shape index (κ2) is 8.09. The molecule has 120 valence electrons. The summed E-state index contributed by atoms with van der Waals surface area (Å²) in [6, 6.07) is 10.1. The normalized spacial score (nSPS) is 9.96. The fraction of sp³-hybridized carbons (Fsp3) is 0.188. The van der Waals surface area contributed by atoms with Gasteiger partial charge in [0.1, 0.15) is 0 Å². The molecule has 3 amide bonds. The maximum absolute atomic E-state index is 11.9. The van der Waals surface area contributed by atoms with Gasteiger partial charge in [0.25, 0.3) is 11.8 Å². The van der Waals surface area contributed by atoms with Crippen LogP contribution in [0.3, 0.4) is 0 Å². The van der Waals surface area contributed by atoms with Gasteiger partial charge >= 0.3 is 0 Å². The van der Waals surface area contributed by atoms with Crippen LogP contribution < -0.4 is 16.0 Å². The van der Waals surface area contributed by atoms with E-state index in [1.807, 2.05) is 6.92 Å². The van der Waals surface area contributed by atoms with Crippen LogP contribution in [0.5, 0.6) is 0 Å². The number of carbonyl (C=O) groups excluding carboxylic acids is 3. The van der Waals surface area contributed by atoms with Gasteiger partial charge in [-0.1, -0.05) is 12.1 Å². The van der Waals surface area contributed by atoms with Crippen molar-refractivity contribution in [2.45, 2.75) is 6.92 Å². The molecule has 1 heterocycles. The summed E-state index contributed by atoms with van der Waals surface area (Å²) in [5.41, 5.74) is 0.969. The van der Waals surface area contributed by atoms with Gasteiger partial charge in [-0.15, -0.1) is 11.3 Å². The lowest BCUT2D eigenvalue weighted by Gasteiger charge is -2.08. The predicted molar refractivity (Wildman–Crippen MR) is 89.7 cm³/mol. The van der Waals surface area contributed by atoms with Crippen LogP contribution in [-0.4, -0.2) is 30.8 Å². The third-order valence-electron chi connectivity index (χ3n) is 2.90. The van der Waals surface area contributed by atoms with Crippen molar-refractivity contribution in [2.75, 3.05) is 18.4 Å². The fourth-order valence-electron chi connectivity index (χ4n) is 1.86. The zero-order chi connectivity index (χ0) is 16.7. The van der Waals surface area contributed by atoms with E-state index in [0.29, 0.717) is 22.7 Å². The summed E-state index contributed by atoms with van der Waals surface area (Å²) >= 11 is 1.31. The van der Waals surface area contributed by atoms with Gasteiger partial charge in [0, 0.05) is 17.8 Å². The van der Waals surface area contributed by atoms with Crippen LogP contribution in [-0.2, 0) is 4.79 Å². The highest BCUT2D eigenvalue weighted by molar-refractivity contribution is 7.12. The van der Waals surface area contributed by atoms with Crippen LogP contribution in [0.4, 0.5) is 5.69 Å². The summed E-state index contributed by atoms with van der Waals surface area (Å²) in [4.78, 5) is 35.9. The smallest absolute Gasteiger partial charge is 0.261 e. The minimum Gasteiger partial charge on any atom is -0.352 e. The second-order valence-electron chi connectivity index (χ2n) is 4.65. The Balaban J connectivity index is 1.89. The SMILES string of the molecule is CCNC(=O)c1cccc(NC(=O)CNC(=O)c2cccs2)c1. The molecule has 0 saturated heterocycles. The molecule has 7 heteroatoms. The van der Waals surface area contributed by atoms with Gasteiger partial charge in [-0.25, -0.2) is 0 Å². The van der Waals surface area contributed by atoms with Gasteiger partial charge in [-0.3, -0.25) is 14.4 Å². The summed E-state index contributed by atoms with van der Waals surface area (Å²) in [7, 11) is 0. The lowest BCUT2D eigenvalue weighted by Crippen LogP contribution is -2.32. The van der Waals surface area contributed by atoms with Crippen molar-refractivity contribution in [3.8, 4) is 0 Å². The monoisotopic (exact) mass is 331 g/mol. The maximum Gasteiger partial charge on any atom is 0.261 e. The number of hydrogen-bond acceptors (Lipinski definition) is 4. The minimum atomic E-state index is -0.358. The van der Waals surface area contributed by atoms with Crippen LogP contribution in [0.15, 0.2) is 41.8 Å². The molecule has 0 radical (unpaired) electrons. The third kappa shape index (κ3) is 4.93. The molecule has 1 aromatic heterocycles. The molecule has 0 spiro atoms. The third-order valence-corrected chi connectivity index (χ3v) is 3.77. The van der Waals surface area contributed by atoms with Crippen LogP contribution >= 0.6 is 11.3 Å². The maximum atomic E-state index is 11.9. The molecule has 0 atom stereocenters. The average Bonchev–Trinajstić information content (AvgIpc) is 3.07. The molecule has 0 bridgehead atoms. The lowest BCUT2D eigenvalue weighted by atomic mass is 10.2. The first-order valence-corrected chi connectivity index (χ1v) is 7.98. The van der Waals surface area contributed by atoms with E-state index in [0.717, 1.165) is 0 Å². The van der Waals surface area contributed by atoms with Crippen molar-refractivity contribution in [2.24, 2.45) is 0 Å². The fourth-order valence-corrected chi connectivity index (χ4v) is 2.50. The summed E-state index contributed by atoms with van der Waals surface area (Å²) in [5.74, 6) is -0.844. The second-order valence-corrected chi connectivity index (χ2v) is 5.60. The van der Waals surface area contributed by atoms with Gasteiger partial charge in [0.05, 0.1) is 11.4 Å². The first-order valence-electron chi connectivity index (χ1n) is 7.10. The van der Waals surface area contributed by atoms with Gasteiger partial charge in [-0.05, 0) is 36.6 Å². The van der Waals surface area contributed by atoms with Crippen LogP contribution in [0.1, 0.15) is 27.0 Å². The molecule has 0 fully saturated rings. The first kappa shape index (κ1) is 16.7. The molecule has 0 aliphatic rings. The Morgan fingerprint density at radius 3 is 2.57 bits per heavy atom. The highest BCUT2D eigenvalue weighted by Crippen LogP contribution is 2.11. The molecule has 0 aliphatic heterocycles. The highest BCUT2D eigenvalue weighted by Gasteiger charge is 2.10. The first-order chi connectivity index (χ1) is 11.1. The predicted octanol–water partition coefficient (Wildman–Crippen LogP) is 1.87. The standard InChI is InChI=1S/C16H17N3O3S/c1-2-17-15(21)11-5-3-6-12(9-11)19-14(20)10-18-16(22)13-7-4-8-23-13/h3-9H,2,10H2,1H3,(H,17,21)(H,18,22)(H,19,20). The number of amides is 3. The molecule has 0 unspecified atom stereocenters. The van der Waals surface area contributed by atoms with E-state index in [2.05, 4.69) is 16.0 Å². The Morgan fingerprint density at radius 2 is 1.87 bits per heavy atom. The Hall–Kier alpha value is -2.67. The number of anilines is 1. The van der Waals surface area contributed by atoms with E-state index in [1.165, 1.54) is 11.3 Å². The largest absolute Gasteiger partial charge is 0.352 e. The van der Waals surface area contributed by atoms with Crippen molar-refractivity contribution < 1.29 is 14.4 Å². The van der Waals surface area contributed by atoms with E-state index in [9.17, 15) is 14.4 Å². The van der Waals surface area contributed by atoms with E-state index >= 15 is 0 Å². The van der Waals surface area contributed by atoms with Crippen molar-refractivity contribution in [3.05, 3.63) is 52.2 Å². The lowest BCUT2D eigenvalue weighted by molar-refractivity contribution is -0.115. The minimum absolute atomic E-state index is 0.137. The number of thiophene rings is 1. The Kier molecular flexibility index (Phi) is 5.87. The zero-order valence-electron chi connectivity index (χ0n) is 12.6. The summed E-state index contributed by atoms with van der Waals surface area (Å²) in [6.45, 7) is 2.23. The Morgan fingerprint density at radius 1 is 1.04 bits per heavy atom. The number of carbonyl (C=O) groups is 3. The molecule has 6 nitrogen and oxygen atoms in total. The van der Waals surface area contributed by atoms with Gasteiger partial charge < -0.3 is 16.0 Å². The Labute approximate surface area is 137 Å². The molecule has 2 aromatic rings. The van der Waals surface area contributed by atoms with Crippen molar-refractivity contribution in [3.63, 3.8) is 0 Å². The quantitative estimate of drug-likeness (QED) is 0.755. The van der Waals surface area contributed by atoms with Crippen molar-refractivity contribution in [1.29, 1.82) is 0 Å². The van der Waals surface area contributed by atoms with E-state index < -0.39 is 0 Å².